The highest BCUT2D eigenvalue weighted by atomic mass is 79.9. The molecule has 0 spiro atoms. The van der Waals surface area contributed by atoms with Gasteiger partial charge in [0.25, 0.3) is 0 Å². The molecule has 0 saturated heterocycles. The van der Waals surface area contributed by atoms with Crippen LogP contribution in [0.25, 0.3) is 0 Å². The van der Waals surface area contributed by atoms with Gasteiger partial charge in [0.1, 0.15) is 6.42 Å². The lowest BCUT2D eigenvalue weighted by atomic mass is 10.1. The minimum Gasteiger partial charge on any atom is -0.325 e. The molecule has 2 rings (SSSR count). The Balaban J connectivity index is 1.97. The van der Waals surface area contributed by atoms with E-state index in [1.165, 1.54) is 0 Å². The number of carbonyl (C=O) groups is 2. The molecule has 0 fully saturated rings. The summed E-state index contributed by atoms with van der Waals surface area (Å²) in [4.78, 5) is 24.0. The highest BCUT2D eigenvalue weighted by Gasteiger charge is 2.12. The van der Waals surface area contributed by atoms with Gasteiger partial charge in [0, 0.05) is 10.2 Å². The van der Waals surface area contributed by atoms with Gasteiger partial charge in [0.05, 0.1) is 5.69 Å². The van der Waals surface area contributed by atoms with E-state index in [0.29, 0.717) is 5.69 Å². The maximum absolute atomic E-state index is 12.0. The molecule has 120 valence electrons. The van der Waals surface area contributed by atoms with E-state index in [-0.39, 0.29) is 18.2 Å². The summed E-state index contributed by atoms with van der Waals surface area (Å²) in [6, 6.07) is 11.4. The molecule has 0 bridgehead atoms. The van der Waals surface area contributed by atoms with Crippen molar-refractivity contribution < 1.29 is 9.59 Å². The third-order valence-corrected chi connectivity index (χ3v) is 4.04. The van der Waals surface area contributed by atoms with Crippen molar-refractivity contribution in [3.63, 3.8) is 0 Å². The van der Waals surface area contributed by atoms with Gasteiger partial charge >= 0.3 is 0 Å². The molecule has 0 saturated carbocycles. The van der Waals surface area contributed by atoms with Crippen molar-refractivity contribution in [3.05, 3.63) is 57.6 Å². The fourth-order valence-electron chi connectivity index (χ4n) is 2.13. The Kier molecular flexibility index (Phi) is 5.55. The highest BCUT2D eigenvalue weighted by molar-refractivity contribution is 9.10. The molecule has 0 atom stereocenters. The van der Waals surface area contributed by atoms with Crippen molar-refractivity contribution in [1.82, 2.24) is 0 Å². The summed E-state index contributed by atoms with van der Waals surface area (Å²) in [5.74, 6) is -0.684. The zero-order valence-electron chi connectivity index (χ0n) is 13.4. The van der Waals surface area contributed by atoms with Gasteiger partial charge in [-0.1, -0.05) is 18.2 Å². The fraction of sp³-hybridized carbons (Fsp3) is 0.222. The third kappa shape index (κ3) is 4.93. The maximum atomic E-state index is 12.0. The predicted octanol–water partition coefficient (Wildman–Crippen LogP) is 4.34. The van der Waals surface area contributed by atoms with Gasteiger partial charge in [-0.2, -0.15) is 0 Å². The number of benzene rings is 2. The lowest BCUT2D eigenvalue weighted by Gasteiger charge is -2.10. The summed E-state index contributed by atoms with van der Waals surface area (Å²) in [5.41, 5.74) is 4.49. The largest absolute Gasteiger partial charge is 0.325 e. The van der Waals surface area contributed by atoms with E-state index in [2.05, 4.69) is 26.6 Å². The van der Waals surface area contributed by atoms with Crippen molar-refractivity contribution in [2.24, 2.45) is 0 Å². The van der Waals surface area contributed by atoms with Gasteiger partial charge in [0.2, 0.25) is 11.8 Å². The van der Waals surface area contributed by atoms with Crippen LogP contribution >= 0.6 is 15.9 Å². The average Bonchev–Trinajstić information content (AvgIpc) is 2.46. The van der Waals surface area contributed by atoms with Gasteiger partial charge in [-0.05, 0) is 71.6 Å². The first-order valence-corrected chi connectivity index (χ1v) is 8.07. The molecule has 5 heteroatoms. The number of hydrogen-bond acceptors (Lipinski definition) is 2. The summed E-state index contributed by atoms with van der Waals surface area (Å²) >= 11 is 3.40. The number of anilines is 2. The van der Waals surface area contributed by atoms with Crippen LogP contribution in [-0.4, -0.2) is 11.8 Å². The van der Waals surface area contributed by atoms with Crippen LogP contribution in [0.4, 0.5) is 11.4 Å². The van der Waals surface area contributed by atoms with Crippen LogP contribution in [0.5, 0.6) is 0 Å². The van der Waals surface area contributed by atoms with Gasteiger partial charge < -0.3 is 10.6 Å². The van der Waals surface area contributed by atoms with Crippen molar-refractivity contribution >= 4 is 39.1 Å². The molecule has 0 aliphatic heterocycles. The summed E-state index contributed by atoms with van der Waals surface area (Å²) in [5, 5.41) is 5.51. The lowest BCUT2D eigenvalue weighted by Crippen LogP contribution is -2.22. The normalized spacial score (nSPS) is 10.3. The monoisotopic (exact) mass is 374 g/mol. The van der Waals surface area contributed by atoms with Gasteiger partial charge in [-0.25, -0.2) is 0 Å². The summed E-state index contributed by atoms with van der Waals surface area (Å²) in [6.07, 6.45) is -0.228. The van der Waals surface area contributed by atoms with Crippen molar-refractivity contribution in [1.29, 1.82) is 0 Å². The van der Waals surface area contributed by atoms with Crippen LogP contribution in [0, 0.1) is 20.8 Å². The number of rotatable bonds is 4. The first-order valence-electron chi connectivity index (χ1n) is 7.28. The molecular weight excluding hydrogens is 356 g/mol. The first kappa shape index (κ1) is 17.2. The number of hydrogen-bond donors (Lipinski definition) is 2. The van der Waals surface area contributed by atoms with E-state index in [1.807, 2.05) is 51.1 Å². The van der Waals surface area contributed by atoms with E-state index < -0.39 is 0 Å². The predicted molar refractivity (Wildman–Crippen MR) is 96.7 cm³/mol. The molecular formula is C18H19BrN2O2. The molecule has 0 aromatic heterocycles. The van der Waals surface area contributed by atoms with Crippen molar-refractivity contribution in [3.8, 4) is 0 Å². The molecule has 2 amide bonds. The van der Waals surface area contributed by atoms with Crippen LogP contribution in [0.3, 0.4) is 0 Å². The zero-order valence-corrected chi connectivity index (χ0v) is 15.0. The quantitative estimate of drug-likeness (QED) is 0.781. The van der Waals surface area contributed by atoms with E-state index in [1.54, 1.807) is 6.07 Å². The molecule has 4 nitrogen and oxygen atoms in total. The molecule has 0 unspecified atom stereocenters. The Labute approximate surface area is 144 Å². The number of halogens is 1. The summed E-state index contributed by atoms with van der Waals surface area (Å²) in [6.45, 7) is 5.84. The van der Waals surface area contributed by atoms with Crippen molar-refractivity contribution in [2.45, 2.75) is 27.2 Å². The Morgan fingerprint density at radius 2 is 1.43 bits per heavy atom. The second-order valence-corrected chi connectivity index (χ2v) is 6.43. The fourth-order valence-corrected chi connectivity index (χ4v) is 2.72. The smallest absolute Gasteiger partial charge is 0.233 e. The van der Waals surface area contributed by atoms with Crippen LogP contribution < -0.4 is 10.6 Å². The van der Waals surface area contributed by atoms with Crippen LogP contribution in [-0.2, 0) is 9.59 Å². The zero-order chi connectivity index (χ0) is 17.0. The van der Waals surface area contributed by atoms with Crippen LogP contribution in [0.1, 0.15) is 23.1 Å². The molecule has 0 aliphatic carbocycles. The minimum atomic E-state index is -0.350. The highest BCUT2D eigenvalue weighted by Crippen LogP contribution is 2.23. The molecule has 2 aromatic carbocycles. The minimum absolute atomic E-state index is 0.228. The number of carbonyl (C=O) groups excluding carboxylic acids is 2. The molecule has 0 radical (unpaired) electrons. The standard InChI is InChI=1S/C18H19BrN2O2/c1-11-5-7-15(14(19)8-11)20-17(22)10-18(23)21-16-9-12(2)4-6-13(16)3/h4-9H,10H2,1-3H3,(H,20,22)(H,21,23). The topological polar surface area (TPSA) is 58.2 Å². The van der Waals surface area contributed by atoms with Gasteiger partial charge in [-0.3, -0.25) is 9.59 Å². The van der Waals surface area contributed by atoms with Gasteiger partial charge in [-0.15, -0.1) is 0 Å². The number of nitrogens with one attached hydrogen (secondary N) is 2. The van der Waals surface area contributed by atoms with Crippen LogP contribution in [0.2, 0.25) is 0 Å². The number of aryl methyl sites for hydroxylation is 3. The Bertz CT molecular complexity index is 757. The molecule has 2 aromatic rings. The van der Waals surface area contributed by atoms with Crippen molar-refractivity contribution in [2.75, 3.05) is 10.6 Å². The summed E-state index contributed by atoms with van der Waals surface area (Å²) < 4.78 is 0.792. The Morgan fingerprint density at radius 3 is 2.09 bits per heavy atom. The second-order valence-electron chi connectivity index (χ2n) is 5.57. The first-order chi connectivity index (χ1) is 10.8. The van der Waals surface area contributed by atoms with E-state index in [0.717, 1.165) is 26.9 Å². The third-order valence-electron chi connectivity index (χ3n) is 3.39. The maximum Gasteiger partial charge on any atom is 0.233 e. The molecule has 0 aliphatic rings. The number of amides is 2. The Hall–Kier alpha value is -2.14. The van der Waals surface area contributed by atoms with E-state index in [4.69, 9.17) is 0 Å². The summed E-state index contributed by atoms with van der Waals surface area (Å²) in [7, 11) is 0. The van der Waals surface area contributed by atoms with E-state index in [9.17, 15) is 9.59 Å². The molecule has 2 N–H and O–H groups in total. The Morgan fingerprint density at radius 1 is 0.870 bits per heavy atom. The van der Waals surface area contributed by atoms with Crippen LogP contribution in [0.15, 0.2) is 40.9 Å². The molecule has 0 heterocycles. The van der Waals surface area contributed by atoms with Gasteiger partial charge in [0.15, 0.2) is 0 Å². The second kappa shape index (κ2) is 7.42. The molecule has 23 heavy (non-hydrogen) atoms. The average molecular weight is 375 g/mol. The van der Waals surface area contributed by atoms with E-state index >= 15 is 0 Å². The SMILES string of the molecule is Cc1ccc(NC(=O)CC(=O)Nc2cc(C)ccc2C)c(Br)c1. The lowest BCUT2D eigenvalue weighted by molar-refractivity contribution is -0.123.